The van der Waals surface area contributed by atoms with Crippen LogP contribution in [0.2, 0.25) is 5.02 Å². The number of nitrogens with one attached hydrogen (secondary N) is 2. The van der Waals surface area contributed by atoms with Gasteiger partial charge < -0.3 is 10.6 Å². The normalized spacial score (nSPS) is 16.0. The van der Waals surface area contributed by atoms with Gasteiger partial charge in [0.25, 0.3) is 5.95 Å². The van der Waals surface area contributed by atoms with Crippen molar-refractivity contribution in [3.8, 4) is 12.0 Å². The first kappa shape index (κ1) is 17.4. The van der Waals surface area contributed by atoms with Gasteiger partial charge in [0.05, 0.1) is 11.6 Å². The van der Waals surface area contributed by atoms with Gasteiger partial charge in [0.1, 0.15) is 11.1 Å². The number of fused-ring (bicyclic) bond motifs is 1. The Hall–Kier alpha value is -2.99. The highest BCUT2D eigenvalue weighted by Gasteiger charge is 2.33. The Morgan fingerprint density at radius 2 is 1.93 bits per heavy atom. The molecule has 0 spiro atoms. The van der Waals surface area contributed by atoms with E-state index >= 15 is 0 Å². The number of rotatable bonds is 4. The SMILES string of the molecule is CNc1nc(NC2(C#N)CCCCC2)nc(-n2nnc3cc(Cl)ccc32)n1. The molecular weight excluding hydrogens is 366 g/mol. The first-order valence-corrected chi connectivity index (χ1v) is 9.15. The Bertz CT molecular complexity index is 1020. The number of benzene rings is 1. The van der Waals surface area contributed by atoms with Gasteiger partial charge in [-0.05, 0) is 31.0 Å². The maximum absolute atomic E-state index is 9.71. The summed E-state index contributed by atoms with van der Waals surface area (Å²) in [7, 11) is 1.72. The van der Waals surface area contributed by atoms with E-state index < -0.39 is 5.54 Å². The standard InChI is InChI=1S/C17H18ClN9/c1-20-14-21-15(24-17(10-19)7-3-2-4-8-17)23-16(22-14)27-13-6-5-11(18)9-12(13)25-26-27/h5-6,9H,2-4,7-8H2,1H3,(H2,20,21,22,23,24). The first-order chi connectivity index (χ1) is 13.1. The van der Waals surface area contributed by atoms with Crippen molar-refractivity contribution in [2.24, 2.45) is 0 Å². The molecule has 138 valence electrons. The van der Waals surface area contributed by atoms with Gasteiger partial charge in [-0.15, -0.1) is 5.10 Å². The molecule has 2 heterocycles. The predicted octanol–water partition coefficient (Wildman–Crippen LogP) is 2.94. The molecule has 9 nitrogen and oxygen atoms in total. The van der Waals surface area contributed by atoms with Crippen molar-refractivity contribution in [1.82, 2.24) is 29.9 Å². The molecule has 2 N–H and O–H groups in total. The molecule has 4 rings (SSSR count). The summed E-state index contributed by atoms with van der Waals surface area (Å²) >= 11 is 6.02. The zero-order valence-corrected chi connectivity index (χ0v) is 15.5. The molecule has 1 aliphatic carbocycles. The van der Waals surface area contributed by atoms with Gasteiger partial charge in [0.15, 0.2) is 0 Å². The number of nitriles is 1. The predicted molar refractivity (Wildman–Crippen MR) is 102 cm³/mol. The zero-order chi connectivity index (χ0) is 18.9. The summed E-state index contributed by atoms with van der Waals surface area (Å²) in [6.07, 6.45) is 4.69. The Morgan fingerprint density at radius 1 is 1.15 bits per heavy atom. The Kier molecular flexibility index (Phi) is 4.49. The molecule has 1 saturated carbocycles. The molecule has 1 fully saturated rings. The average molecular weight is 384 g/mol. The Labute approximate surface area is 160 Å². The topological polar surface area (TPSA) is 117 Å². The van der Waals surface area contributed by atoms with Crippen LogP contribution in [0, 0.1) is 11.3 Å². The molecule has 0 radical (unpaired) electrons. The quantitative estimate of drug-likeness (QED) is 0.706. The molecular formula is C17H18ClN9. The van der Waals surface area contributed by atoms with Crippen LogP contribution in [0.15, 0.2) is 18.2 Å². The van der Waals surface area contributed by atoms with Gasteiger partial charge in [-0.1, -0.05) is 36.1 Å². The van der Waals surface area contributed by atoms with E-state index in [2.05, 4.69) is 42.0 Å². The van der Waals surface area contributed by atoms with Crippen molar-refractivity contribution in [1.29, 1.82) is 5.26 Å². The Balaban J connectivity index is 1.75. The lowest BCUT2D eigenvalue weighted by Crippen LogP contribution is -2.39. The van der Waals surface area contributed by atoms with Gasteiger partial charge in [-0.25, -0.2) is 0 Å². The third-order valence-electron chi connectivity index (χ3n) is 4.72. The van der Waals surface area contributed by atoms with Gasteiger partial charge in [-0.3, -0.25) is 0 Å². The summed E-state index contributed by atoms with van der Waals surface area (Å²) < 4.78 is 1.53. The summed E-state index contributed by atoms with van der Waals surface area (Å²) in [4.78, 5) is 13.2. The molecule has 0 aliphatic heterocycles. The van der Waals surface area contributed by atoms with Crippen LogP contribution in [-0.2, 0) is 0 Å². The first-order valence-electron chi connectivity index (χ1n) is 8.77. The van der Waals surface area contributed by atoms with Crippen molar-refractivity contribution < 1.29 is 0 Å². The second-order valence-corrected chi connectivity index (χ2v) is 6.98. The van der Waals surface area contributed by atoms with E-state index in [0.717, 1.165) is 37.6 Å². The van der Waals surface area contributed by atoms with E-state index in [9.17, 15) is 5.26 Å². The summed E-state index contributed by atoms with van der Waals surface area (Å²) in [5.74, 6) is 1.03. The highest BCUT2D eigenvalue weighted by Crippen LogP contribution is 2.30. The van der Waals surface area contributed by atoms with Crippen molar-refractivity contribution in [3.05, 3.63) is 23.2 Å². The fourth-order valence-electron chi connectivity index (χ4n) is 3.31. The highest BCUT2D eigenvalue weighted by molar-refractivity contribution is 6.31. The number of hydrogen-bond donors (Lipinski definition) is 2. The number of anilines is 2. The molecule has 1 aliphatic rings. The number of nitrogens with zero attached hydrogens (tertiary/aromatic N) is 7. The summed E-state index contributed by atoms with van der Waals surface area (Å²) in [6.45, 7) is 0. The largest absolute Gasteiger partial charge is 0.357 e. The van der Waals surface area contributed by atoms with Crippen LogP contribution in [0.5, 0.6) is 0 Å². The van der Waals surface area contributed by atoms with E-state index in [4.69, 9.17) is 11.6 Å². The minimum absolute atomic E-state index is 0.311. The van der Waals surface area contributed by atoms with Crippen LogP contribution in [0.3, 0.4) is 0 Å². The fraction of sp³-hybridized carbons (Fsp3) is 0.412. The molecule has 0 saturated heterocycles. The van der Waals surface area contributed by atoms with E-state index in [1.807, 2.05) is 6.07 Å². The van der Waals surface area contributed by atoms with Gasteiger partial charge in [0, 0.05) is 12.1 Å². The fourth-order valence-corrected chi connectivity index (χ4v) is 3.47. The smallest absolute Gasteiger partial charge is 0.259 e. The van der Waals surface area contributed by atoms with Gasteiger partial charge in [-0.2, -0.15) is 24.9 Å². The maximum Gasteiger partial charge on any atom is 0.259 e. The van der Waals surface area contributed by atoms with Crippen molar-refractivity contribution in [3.63, 3.8) is 0 Å². The van der Waals surface area contributed by atoms with E-state index in [0.29, 0.717) is 28.4 Å². The van der Waals surface area contributed by atoms with Crippen molar-refractivity contribution >= 4 is 34.5 Å². The number of hydrogen-bond acceptors (Lipinski definition) is 8. The van der Waals surface area contributed by atoms with Crippen LogP contribution >= 0.6 is 11.6 Å². The second-order valence-electron chi connectivity index (χ2n) is 6.55. The lowest BCUT2D eigenvalue weighted by molar-refractivity contribution is 0.390. The van der Waals surface area contributed by atoms with Crippen LogP contribution in [0.1, 0.15) is 32.1 Å². The summed E-state index contributed by atoms with van der Waals surface area (Å²) in [5.41, 5.74) is 0.718. The summed E-state index contributed by atoms with van der Waals surface area (Å²) in [6, 6.07) is 7.71. The zero-order valence-electron chi connectivity index (χ0n) is 14.8. The second kappa shape index (κ2) is 6.96. The summed E-state index contributed by atoms with van der Waals surface area (Å²) in [5, 5.41) is 24.7. The van der Waals surface area contributed by atoms with Crippen LogP contribution in [0.4, 0.5) is 11.9 Å². The maximum atomic E-state index is 9.71. The third kappa shape index (κ3) is 3.36. The van der Waals surface area contributed by atoms with Crippen LogP contribution in [0.25, 0.3) is 17.0 Å². The van der Waals surface area contributed by atoms with Gasteiger partial charge >= 0.3 is 0 Å². The van der Waals surface area contributed by atoms with Crippen molar-refractivity contribution in [2.75, 3.05) is 17.7 Å². The van der Waals surface area contributed by atoms with Gasteiger partial charge in [0.2, 0.25) is 11.9 Å². The lowest BCUT2D eigenvalue weighted by atomic mass is 9.83. The molecule has 1 aromatic carbocycles. The average Bonchev–Trinajstić information content (AvgIpc) is 3.11. The van der Waals surface area contributed by atoms with Crippen LogP contribution < -0.4 is 10.6 Å². The highest BCUT2D eigenvalue weighted by atomic mass is 35.5. The number of halogens is 1. The van der Waals surface area contributed by atoms with E-state index in [-0.39, 0.29) is 0 Å². The molecule has 27 heavy (non-hydrogen) atoms. The number of aromatic nitrogens is 6. The molecule has 2 aromatic heterocycles. The minimum Gasteiger partial charge on any atom is -0.357 e. The molecule has 10 heteroatoms. The van der Waals surface area contributed by atoms with Crippen LogP contribution in [-0.4, -0.2) is 42.5 Å². The molecule has 0 atom stereocenters. The molecule has 0 unspecified atom stereocenters. The monoisotopic (exact) mass is 383 g/mol. The van der Waals surface area contributed by atoms with Crippen molar-refractivity contribution in [2.45, 2.75) is 37.6 Å². The van der Waals surface area contributed by atoms with E-state index in [1.54, 1.807) is 19.2 Å². The van der Waals surface area contributed by atoms with E-state index in [1.165, 1.54) is 4.68 Å². The Morgan fingerprint density at radius 3 is 2.67 bits per heavy atom. The molecule has 0 bridgehead atoms. The third-order valence-corrected chi connectivity index (χ3v) is 4.95. The minimum atomic E-state index is -0.653. The lowest BCUT2D eigenvalue weighted by Gasteiger charge is -2.31. The molecule has 3 aromatic rings. The molecule has 0 amide bonds.